The molecule has 33 heavy (non-hydrogen) atoms. The maximum absolute atomic E-state index is 14.5. The second-order valence-corrected chi connectivity index (χ2v) is 8.84. The minimum absolute atomic E-state index is 0.00977. The van der Waals surface area contributed by atoms with E-state index in [2.05, 4.69) is 25.9 Å². The molecule has 0 spiro atoms. The summed E-state index contributed by atoms with van der Waals surface area (Å²) >= 11 is 3.18. The second kappa shape index (κ2) is 8.05. The predicted molar refractivity (Wildman–Crippen MR) is 113 cm³/mol. The molecule has 3 aromatic rings. The molecule has 1 aliphatic heterocycles. The third kappa shape index (κ3) is 3.52. The molecule has 0 aliphatic carbocycles. The first kappa shape index (κ1) is 23.6. The van der Waals surface area contributed by atoms with E-state index in [0.717, 1.165) is 20.1 Å². The average molecular weight is 533 g/mol. The van der Waals surface area contributed by atoms with E-state index in [9.17, 15) is 26.7 Å². The number of ether oxygens (including phenoxy) is 2. The van der Waals surface area contributed by atoms with Crippen molar-refractivity contribution in [2.24, 2.45) is 5.92 Å². The largest absolute Gasteiger partial charge is 0.493 e. The number of nitrogens with one attached hydrogen (secondary N) is 1. The van der Waals surface area contributed by atoms with E-state index in [4.69, 9.17) is 9.47 Å². The Morgan fingerprint density at radius 3 is 2.58 bits per heavy atom. The average Bonchev–Trinajstić information content (AvgIpc) is 3.04. The number of fused-ring (bicyclic) bond motifs is 1. The minimum atomic E-state index is -4.79. The molecule has 0 radical (unpaired) electrons. The fourth-order valence-electron chi connectivity index (χ4n) is 4.38. The lowest BCUT2D eigenvalue weighted by Gasteiger charge is -2.32. The summed E-state index contributed by atoms with van der Waals surface area (Å²) in [6, 6.07) is 3.50. The number of halogens is 6. The molecule has 3 heterocycles. The van der Waals surface area contributed by atoms with Crippen molar-refractivity contribution in [3.8, 4) is 5.75 Å². The fourth-order valence-corrected chi connectivity index (χ4v) is 4.92. The molecule has 4 atom stereocenters. The van der Waals surface area contributed by atoms with Gasteiger partial charge in [0, 0.05) is 29.8 Å². The topological polar surface area (TPSA) is 64.2 Å². The number of aromatic nitrogens is 2. The van der Waals surface area contributed by atoms with Crippen LogP contribution in [-0.4, -0.2) is 28.9 Å². The van der Waals surface area contributed by atoms with Gasteiger partial charge in [-0.15, -0.1) is 0 Å². The third-order valence-electron chi connectivity index (χ3n) is 6.37. The first-order valence-electron chi connectivity index (χ1n) is 9.84. The molecule has 0 bridgehead atoms. The van der Waals surface area contributed by atoms with Crippen LogP contribution in [0.4, 0.5) is 22.0 Å². The van der Waals surface area contributed by atoms with Crippen LogP contribution in [0.2, 0.25) is 0 Å². The minimum Gasteiger partial charge on any atom is -0.493 e. The molecule has 1 aliphatic rings. The second-order valence-electron chi connectivity index (χ2n) is 8.04. The van der Waals surface area contributed by atoms with Crippen molar-refractivity contribution in [1.29, 1.82) is 0 Å². The zero-order valence-electron chi connectivity index (χ0n) is 17.6. The van der Waals surface area contributed by atoms with Crippen LogP contribution < -0.4 is 10.2 Å². The molecule has 1 aromatic carbocycles. The molecule has 176 valence electrons. The number of hydrogen-bond acceptors (Lipinski definition) is 4. The lowest BCUT2D eigenvalue weighted by molar-refractivity contribution is -0.275. The van der Waals surface area contributed by atoms with Gasteiger partial charge in [-0.25, -0.2) is 4.39 Å². The third-order valence-corrected chi connectivity index (χ3v) is 7.15. The van der Waals surface area contributed by atoms with Crippen molar-refractivity contribution in [3.05, 3.63) is 68.2 Å². The van der Waals surface area contributed by atoms with Gasteiger partial charge in [0.1, 0.15) is 6.10 Å². The van der Waals surface area contributed by atoms with Gasteiger partial charge < -0.3 is 14.5 Å². The predicted octanol–water partition coefficient (Wildman–Crippen LogP) is 5.78. The van der Waals surface area contributed by atoms with E-state index in [0.29, 0.717) is 5.52 Å². The molecule has 0 saturated carbocycles. The Morgan fingerprint density at radius 2 is 1.94 bits per heavy atom. The first-order chi connectivity index (χ1) is 15.4. The summed E-state index contributed by atoms with van der Waals surface area (Å²) in [5, 5.41) is 0.222. The molecule has 11 heteroatoms. The lowest BCUT2D eigenvalue weighted by atomic mass is 9.76. The number of methoxy groups -OCH3 is 1. The van der Waals surface area contributed by atoms with Gasteiger partial charge in [0.2, 0.25) is 11.2 Å². The van der Waals surface area contributed by atoms with Crippen molar-refractivity contribution < 1.29 is 31.4 Å². The monoisotopic (exact) mass is 532 g/mol. The number of hydrogen-bond donors (Lipinski definition) is 1. The number of aromatic amines is 1. The van der Waals surface area contributed by atoms with Crippen LogP contribution in [0, 0.1) is 17.6 Å². The summed E-state index contributed by atoms with van der Waals surface area (Å²) in [7, 11) is 1.10. The molecule has 0 amide bonds. The highest BCUT2D eigenvalue weighted by atomic mass is 79.9. The Balaban J connectivity index is 2.00. The van der Waals surface area contributed by atoms with Crippen LogP contribution >= 0.6 is 15.9 Å². The molecule has 4 rings (SSSR count). The molecule has 2 aromatic heterocycles. The summed E-state index contributed by atoms with van der Waals surface area (Å²) < 4.78 is 81.4. The van der Waals surface area contributed by atoms with Crippen LogP contribution in [0.5, 0.6) is 5.75 Å². The first-order valence-corrected chi connectivity index (χ1v) is 10.6. The number of benzene rings is 1. The summed E-state index contributed by atoms with van der Waals surface area (Å²) in [4.78, 5) is 19.8. The molecule has 5 nitrogen and oxygen atoms in total. The van der Waals surface area contributed by atoms with Crippen LogP contribution in [0.1, 0.15) is 37.1 Å². The number of pyridine rings is 2. The number of rotatable bonds is 3. The SMILES string of the molecule is COc1c([C@H]2[C@H](c3[nH]c4ccncc4c(=O)c3Br)O[C@@](C)(C(F)(F)F)[C@H]2C)ccc(F)c1F. The quantitative estimate of drug-likeness (QED) is 0.434. The number of nitrogens with zero attached hydrogens (tertiary/aromatic N) is 1. The fraction of sp³-hybridized carbons (Fsp3) is 0.364. The number of alkyl halides is 3. The van der Waals surface area contributed by atoms with Gasteiger partial charge >= 0.3 is 6.18 Å². The van der Waals surface area contributed by atoms with Crippen molar-refractivity contribution >= 4 is 26.8 Å². The molecular formula is C22H18BrF5N2O3. The van der Waals surface area contributed by atoms with E-state index < -0.39 is 52.5 Å². The Hall–Kier alpha value is -2.53. The highest BCUT2D eigenvalue weighted by molar-refractivity contribution is 9.10. The Bertz CT molecular complexity index is 1300. The van der Waals surface area contributed by atoms with Gasteiger partial charge in [0.25, 0.3) is 0 Å². The van der Waals surface area contributed by atoms with E-state index >= 15 is 0 Å². The summed E-state index contributed by atoms with van der Waals surface area (Å²) in [6.07, 6.45) is -3.41. The highest BCUT2D eigenvalue weighted by Crippen LogP contribution is 2.59. The van der Waals surface area contributed by atoms with E-state index in [1.165, 1.54) is 31.5 Å². The Morgan fingerprint density at radius 1 is 1.24 bits per heavy atom. The van der Waals surface area contributed by atoms with Gasteiger partial charge in [-0.05, 0) is 35.0 Å². The summed E-state index contributed by atoms with van der Waals surface area (Å²) in [6.45, 7) is 2.21. The van der Waals surface area contributed by atoms with Gasteiger partial charge in [0.05, 0.1) is 28.2 Å². The van der Waals surface area contributed by atoms with Crippen molar-refractivity contribution in [3.63, 3.8) is 0 Å². The summed E-state index contributed by atoms with van der Waals surface area (Å²) in [5.74, 6) is -5.45. The van der Waals surface area contributed by atoms with Crippen LogP contribution in [0.3, 0.4) is 0 Å². The van der Waals surface area contributed by atoms with Gasteiger partial charge in [-0.3, -0.25) is 9.78 Å². The molecule has 1 N–H and O–H groups in total. The Labute approximate surface area is 193 Å². The van der Waals surface area contributed by atoms with Crippen LogP contribution in [0.15, 0.2) is 39.9 Å². The number of H-pyrrole nitrogens is 1. The normalized spacial score (nSPS) is 25.5. The van der Waals surface area contributed by atoms with Crippen LogP contribution in [0.25, 0.3) is 10.9 Å². The molecule has 1 fully saturated rings. The molecule has 0 unspecified atom stereocenters. The van der Waals surface area contributed by atoms with Crippen LogP contribution in [-0.2, 0) is 4.74 Å². The van der Waals surface area contributed by atoms with Gasteiger partial charge in [0.15, 0.2) is 17.2 Å². The van der Waals surface area contributed by atoms with Crippen molar-refractivity contribution in [2.75, 3.05) is 7.11 Å². The van der Waals surface area contributed by atoms with E-state index in [-0.39, 0.29) is 21.1 Å². The zero-order valence-corrected chi connectivity index (χ0v) is 19.1. The zero-order chi connectivity index (χ0) is 24.3. The van der Waals surface area contributed by atoms with E-state index in [1.807, 2.05) is 0 Å². The standard InChI is InChI=1S/C22H18BrF5N2O3/c1-9-14(10-4-5-12(24)16(25)19(10)32-3)20(33-21(9,2)22(26,27)28)17-15(23)18(31)11-8-29-7-6-13(11)30-17/h4-9,14,20H,1-3H3,(H,30,31)/t9-,14-,20+,21+/m0/s1. The van der Waals surface area contributed by atoms with Gasteiger partial charge in [-0.2, -0.15) is 17.6 Å². The van der Waals surface area contributed by atoms with Gasteiger partial charge in [-0.1, -0.05) is 13.0 Å². The maximum atomic E-state index is 14.5. The van der Waals surface area contributed by atoms with Crippen molar-refractivity contribution in [1.82, 2.24) is 9.97 Å². The molecular weight excluding hydrogens is 515 g/mol. The highest BCUT2D eigenvalue weighted by Gasteiger charge is 2.65. The van der Waals surface area contributed by atoms with E-state index in [1.54, 1.807) is 0 Å². The Kier molecular flexibility index (Phi) is 5.76. The summed E-state index contributed by atoms with van der Waals surface area (Å²) in [5.41, 5.74) is -2.79. The molecule has 1 saturated heterocycles. The van der Waals surface area contributed by atoms with Crippen molar-refractivity contribution in [2.45, 2.75) is 37.6 Å². The maximum Gasteiger partial charge on any atom is 0.417 e. The lowest BCUT2D eigenvalue weighted by Crippen LogP contribution is -2.46. The smallest absolute Gasteiger partial charge is 0.417 e.